The summed E-state index contributed by atoms with van der Waals surface area (Å²) in [6, 6.07) is 3.44. The summed E-state index contributed by atoms with van der Waals surface area (Å²) in [5.41, 5.74) is 0.753. The minimum Gasteiger partial charge on any atom is -0.481 e. The maximum atomic E-state index is 11.9. The van der Waals surface area contributed by atoms with Crippen molar-refractivity contribution >= 4 is 33.3 Å². The zero-order chi connectivity index (χ0) is 19.5. The van der Waals surface area contributed by atoms with E-state index in [0.717, 1.165) is 11.1 Å². The van der Waals surface area contributed by atoms with Gasteiger partial charge in [0.2, 0.25) is 0 Å². The highest BCUT2D eigenvalue weighted by molar-refractivity contribution is 7.91. The van der Waals surface area contributed by atoms with Gasteiger partial charge >= 0.3 is 5.97 Å². The first-order chi connectivity index (χ1) is 12.0. The molecular formula is C17H22ClNO6S. The van der Waals surface area contributed by atoms with Crippen LogP contribution in [0.15, 0.2) is 12.1 Å². The van der Waals surface area contributed by atoms with Gasteiger partial charge in [0, 0.05) is 5.02 Å². The summed E-state index contributed by atoms with van der Waals surface area (Å²) in [6.45, 7) is 4.44. The highest BCUT2D eigenvalue weighted by atomic mass is 35.5. The predicted molar refractivity (Wildman–Crippen MR) is 97.2 cm³/mol. The number of carbonyl (C=O) groups is 2. The highest BCUT2D eigenvalue weighted by Crippen LogP contribution is 2.27. The van der Waals surface area contributed by atoms with Crippen LogP contribution in [0, 0.1) is 13.8 Å². The molecule has 1 saturated heterocycles. The normalized spacial score (nSPS) is 21.2. The molecule has 26 heavy (non-hydrogen) atoms. The number of esters is 1. The molecule has 1 N–H and O–H groups in total. The standard InChI is InChI=1S/C17H22ClNO6S/c1-11-6-13(18)7-12(2)16(11)25-9-15(21)24-8-14(20)19-17(3)4-5-26(22,23)10-17/h6-7H,4-5,8-10H2,1-3H3,(H,19,20)/t17-/m0/s1. The van der Waals surface area contributed by atoms with E-state index in [1.165, 1.54) is 0 Å². The number of hydrogen-bond acceptors (Lipinski definition) is 6. The van der Waals surface area contributed by atoms with Crippen molar-refractivity contribution < 1.29 is 27.5 Å². The number of ether oxygens (including phenoxy) is 2. The van der Waals surface area contributed by atoms with Crippen molar-refractivity contribution in [2.75, 3.05) is 24.7 Å². The minimum absolute atomic E-state index is 0.0389. The fourth-order valence-corrected chi connectivity index (χ4v) is 5.35. The van der Waals surface area contributed by atoms with Gasteiger partial charge in [0.05, 0.1) is 17.0 Å². The Bertz CT molecular complexity index is 800. The maximum absolute atomic E-state index is 11.9. The molecule has 0 radical (unpaired) electrons. The van der Waals surface area contributed by atoms with Crippen molar-refractivity contribution in [1.29, 1.82) is 0 Å². The monoisotopic (exact) mass is 403 g/mol. The molecule has 0 aromatic heterocycles. The first-order valence-electron chi connectivity index (χ1n) is 8.06. The van der Waals surface area contributed by atoms with Gasteiger partial charge in [0.25, 0.3) is 5.91 Å². The average molecular weight is 404 g/mol. The number of halogens is 1. The first kappa shape index (κ1) is 20.5. The number of carbonyl (C=O) groups excluding carboxylic acids is 2. The first-order valence-corrected chi connectivity index (χ1v) is 10.3. The van der Waals surface area contributed by atoms with E-state index in [0.29, 0.717) is 17.2 Å². The minimum atomic E-state index is -3.13. The van der Waals surface area contributed by atoms with Gasteiger partial charge < -0.3 is 14.8 Å². The van der Waals surface area contributed by atoms with Gasteiger partial charge in [-0.15, -0.1) is 0 Å². The summed E-state index contributed by atoms with van der Waals surface area (Å²) in [7, 11) is -3.13. The van der Waals surface area contributed by atoms with Gasteiger partial charge in [0.1, 0.15) is 5.75 Å². The fourth-order valence-electron chi connectivity index (χ4n) is 2.93. The van der Waals surface area contributed by atoms with Crippen LogP contribution in [-0.2, 0) is 24.2 Å². The molecule has 7 nitrogen and oxygen atoms in total. The highest BCUT2D eigenvalue weighted by Gasteiger charge is 2.39. The Morgan fingerprint density at radius 2 is 1.85 bits per heavy atom. The molecule has 0 unspecified atom stereocenters. The molecule has 1 aromatic carbocycles. The van der Waals surface area contributed by atoms with Gasteiger partial charge in [-0.2, -0.15) is 0 Å². The summed E-state index contributed by atoms with van der Waals surface area (Å²) in [5.74, 6) is -0.774. The van der Waals surface area contributed by atoms with E-state index in [2.05, 4.69) is 5.32 Å². The van der Waals surface area contributed by atoms with Gasteiger partial charge in [-0.05, 0) is 50.5 Å². The molecule has 1 aliphatic heterocycles. The van der Waals surface area contributed by atoms with Gasteiger partial charge in [-0.25, -0.2) is 13.2 Å². The van der Waals surface area contributed by atoms with Crippen molar-refractivity contribution in [2.45, 2.75) is 32.7 Å². The van der Waals surface area contributed by atoms with Crippen LogP contribution in [0.1, 0.15) is 24.5 Å². The lowest BCUT2D eigenvalue weighted by Crippen LogP contribution is -2.48. The molecule has 9 heteroatoms. The van der Waals surface area contributed by atoms with E-state index in [1.807, 2.05) is 13.8 Å². The number of rotatable bonds is 6. The summed E-state index contributed by atoms with van der Waals surface area (Å²) >= 11 is 5.94. The summed E-state index contributed by atoms with van der Waals surface area (Å²) in [4.78, 5) is 23.7. The van der Waals surface area contributed by atoms with Crippen LogP contribution in [-0.4, -0.2) is 50.6 Å². The van der Waals surface area contributed by atoms with Crippen LogP contribution in [0.4, 0.5) is 0 Å². The topological polar surface area (TPSA) is 98.8 Å². The number of nitrogens with one attached hydrogen (secondary N) is 1. The second-order valence-corrected chi connectivity index (χ2v) is 9.39. The van der Waals surface area contributed by atoms with Crippen LogP contribution in [0.2, 0.25) is 5.02 Å². The molecule has 0 bridgehead atoms. The second-order valence-electron chi connectivity index (χ2n) is 6.77. The van der Waals surface area contributed by atoms with Crippen LogP contribution >= 0.6 is 11.6 Å². The van der Waals surface area contributed by atoms with Crippen molar-refractivity contribution in [3.05, 3.63) is 28.3 Å². The van der Waals surface area contributed by atoms with Gasteiger partial charge in [0.15, 0.2) is 23.1 Å². The lowest BCUT2D eigenvalue weighted by atomic mass is 10.0. The van der Waals surface area contributed by atoms with E-state index in [-0.39, 0.29) is 18.1 Å². The van der Waals surface area contributed by atoms with Crippen molar-refractivity contribution in [1.82, 2.24) is 5.32 Å². The van der Waals surface area contributed by atoms with Crippen molar-refractivity contribution in [2.24, 2.45) is 0 Å². The zero-order valence-electron chi connectivity index (χ0n) is 14.9. The quantitative estimate of drug-likeness (QED) is 0.724. The molecule has 0 spiro atoms. The number of amides is 1. The number of benzene rings is 1. The molecule has 1 heterocycles. The smallest absolute Gasteiger partial charge is 0.344 e. The lowest BCUT2D eigenvalue weighted by molar-refractivity contribution is -0.150. The third-order valence-corrected chi connectivity index (χ3v) is 6.19. The molecule has 0 aliphatic carbocycles. The van der Waals surface area contributed by atoms with Crippen LogP contribution in [0.5, 0.6) is 5.75 Å². The maximum Gasteiger partial charge on any atom is 0.344 e. The average Bonchev–Trinajstić information content (AvgIpc) is 2.77. The Morgan fingerprint density at radius 3 is 2.38 bits per heavy atom. The van der Waals surface area contributed by atoms with Crippen molar-refractivity contribution in [3.8, 4) is 5.75 Å². The summed E-state index contributed by atoms with van der Waals surface area (Å²) in [6.07, 6.45) is 0.341. The molecule has 1 atom stereocenters. The number of aryl methyl sites for hydroxylation is 2. The van der Waals surface area contributed by atoms with Crippen LogP contribution in [0.3, 0.4) is 0 Å². The molecule has 1 aliphatic rings. The Labute approximate surface area is 157 Å². The molecule has 1 aromatic rings. The molecule has 2 rings (SSSR count). The van der Waals surface area contributed by atoms with E-state index in [1.54, 1.807) is 19.1 Å². The summed E-state index contributed by atoms with van der Waals surface area (Å²) in [5, 5.41) is 3.19. The van der Waals surface area contributed by atoms with E-state index < -0.39 is 33.9 Å². The Hall–Kier alpha value is -1.80. The van der Waals surface area contributed by atoms with E-state index in [4.69, 9.17) is 21.1 Å². The SMILES string of the molecule is Cc1cc(Cl)cc(C)c1OCC(=O)OCC(=O)N[C@@]1(C)CCS(=O)(=O)C1. The molecule has 144 valence electrons. The Morgan fingerprint density at radius 1 is 1.23 bits per heavy atom. The largest absolute Gasteiger partial charge is 0.481 e. The van der Waals surface area contributed by atoms with Gasteiger partial charge in [-0.1, -0.05) is 11.6 Å². The zero-order valence-corrected chi connectivity index (χ0v) is 16.5. The fraction of sp³-hybridized carbons (Fsp3) is 0.529. The van der Waals surface area contributed by atoms with E-state index in [9.17, 15) is 18.0 Å². The second kappa shape index (κ2) is 7.84. The molecule has 1 fully saturated rings. The molecule has 0 saturated carbocycles. The number of sulfone groups is 1. The van der Waals surface area contributed by atoms with E-state index >= 15 is 0 Å². The molecular weight excluding hydrogens is 382 g/mol. The Balaban J connectivity index is 1.79. The van der Waals surface area contributed by atoms with Crippen LogP contribution in [0.25, 0.3) is 0 Å². The third-order valence-electron chi connectivity index (χ3n) is 4.07. The molecule has 1 amide bonds. The summed E-state index contributed by atoms with van der Waals surface area (Å²) < 4.78 is 33.4. The Kier molecular flexibility index (Phi) is 6.18. The third kappa shape index (κ3) is 5.60. The predicted octanol–water partition coefficient (Wildman–Crippen LogP) is 1.57. The van der Waals surface area contributed by atoms with Crippen LogP contribution < -0.4 is 10.1 Å². The van der Waals surface area contributed by atoms with Crippen molar-refractivity contribution in [3.63, 3.8) is 0 Å². The number of hydrogen-bond donors (Lipinski definition) is 1. The van der Waals surface area contributed by atoms with Gasteiger partial charge in [-0.3, -0.25) is 4.79 Å². The lowest BCUT2D eigenvalue weighted by Gasteiger charge is -2.23.